The van der Waals surface area contributed by atoms with Gasteiger partial charge in [0.1, 0.15) is 16.7 Å². The number of halogens is 1. The molecule has 0 aromatic carbocycles. The highest BCUT2D eigenvalue weighted by molar-refractivity contribution is 6.29. The Hall–Kier alpha value is -2.15. The van der Waals surface area contributed by atoms with E-state index < -0.39 is 0 Å². The zero-order valence-electron chi connectivity index (χ0n) is 10.4. The lowest BCUT2D eigenvalue weighted by molar-refractivity contribution is -0.115. The SMILES string of the molecule is Cc1cc(NC(=O)CN(C)c2cncc(Cl)n2)no1. The second-order valence-electron chi connectivity index (χ2n) is 3.93. The van der Waals surface area contributed by atoms with Gasteiger partial charge in [-0.15, -0.1) is 0 Å². The molecule has 1 N–H and O–H groups in total. The fourth-order valence-corrected chi connectivity index (χ4v) is 1.56. The zero-order chi connectivity index (χ0) is 13.8. The summed E-state index contributed by atoms with van der Waals surface area (Å²) in [5.74, 6) is 1.29. The van der Waals surface area contributed by atoms with E-state index in [0.29, 0.717) is 17.4 Å². The molecule has 0 aliphatic rings. The first-order valence-corrected chi connectivity index (χ1v) is 5.84. The molecule has 2 rings (SSSR count). The van der Waals surface area contributed by atoms with Crippen molar-refractivity contribution in [1.82, 2.24) is 15.1 Å². The highest BCUT2D eigenvalue weighted by Crippen LogP contribution is 2.11. The molecule has 100 valence electrons. The number of aromatic nitrogens is 3. The van der Waals surface area contributed by atoms with E-state index in [0.717, 1.165) is 0 Å². The number of hydrogen-bond acceptors (Lipinski definition) is 6. The van der Waals surface area contributed by atoms with E-state index in [9.17, 15) is 4.79 Å². The summed E-state index contributed by atoms with van der Waals surface area (Å²) in [5, 5.41) is 6.56. The highest BCUT2D eigenvalue weighted by atomic mass is 35.5. The number of amides is 1. The minimum absolute atomic E-state index is 0.0981. The largest absolute Gasteiger partial charge is 0.360 e. The van der Waals surface area contributed by atoms with Crippen molar-refractivity contribution >= 4 is 29.1 Å². The Morgan fingerprint density at radius 3 is 2.95 bits per heavy atom. The number of anilines is 2. The highest BCUT2D eigenvalue weighted by Gasteiger charge is 2.11. The summed E-state index contributed by atoms with van der Waals surface area (Å²) in [4.78, 5) is 21.4. The number of rotatable bonds is 4. The first kappa shape index (κ1) is 13.3. The Kier molecular flexibility index (Phi) is 3.96. The molecule has 7 nitrogen and oxygen atoms in total. The zero-order valence-corrected chi connectivity index (χ0v) is 11.2. The van der Waals surface area contributed by atoms with Gasteiger partial charge in [0, 0.05) is 13.1 Å². The molecule has 2 aromatic heterocycles. The molecule has 0 saturated heterocycles. The summed E-state index contributed by atoms with van der Waals surface area (Å²) < 4.78 is 4.85. The summed E-state index contributed by atoms with van der Waals surface area (Å²) in [6, 6.07) is 1.64. The van der Waals surface area contributed by atoms with Crippen molar-refractivity contribution in [3.63, 3.8) is 0 Å². The maximum Gasteiger partial charge on any atom is 0.245 e. The van der Waals surface area contributed by atoms with Crippen molar-refractivity contribution in [2.75, 3.05) is 23.8 Å². The molecule has 19 heavy (non-hydrogen) atoms. The van der Waals surface area contributed by atoms with Crippen LogP contribution in [0.4, 0.5) is 11.6 Å². The second kappa shape index (κ2) is 5.66. The minimum Gasteiger partial charge on any atom is -0.360 e. The van der Waals surface area contributed by atoms with Crippen molar-refractivity contribution in [1.29, 1.82) is 0 Å². The quantitative estimate of drug-likeness (QED) is 0.914. The molecule has 8 heteroatoms. The molecule has 0 spiro atoms. The molecule has 0 atom stereocenters. The van der Waals surface area contributed by atoms with E-state index in [1.807, 2.05) is 0 Å². The van der Waals surface area contributed by atoms with E-state index in [1.165, 1.54) is 12.4 Å². The number of aryl methyl sites for hydroxylation is 1. The number of nitrogens with zero attached hydrogens (tertiary/aromatic N) is 4. The van der Waals surface area contributed by atoms with Crippen molar-refractivity contribution in [3.05, 3.63) is 29.4 Å². The number of carbonyl (C=O) groups excluding carboxylic acids is 1. The smallest absolute Gasteiger partial charge is 0.245 e. The predicted molar refractivity (Wildman–Crippen MR) is 70.2 cm³/mol. The van der Waals surface area contributed by atoms with Crippen molar-refractivity contribution < 1.29 is 9.32 Å². The van der Waals surface area contributed by atoms with Crippen LogP contribution >= 0.6 is 11.6 Å². The van der Waals surface area contributed by atoms with E-state index in [4.69, 9.17) is 16.1 Å². The molecule has 0 bridgehead atoms. The summed E-state index contributed by atoms with van der Waals surface area (Å²) in [7, 11) is 1.72. The number of hydrogen-bond donors (Lipinski definition) is 1. The molecular weight excluding hydrogens is 270 g/mol. The van der Waals surface area contributed by atoms with Crippen molar-refractivity contribution in [2.24, 2.45) is 0 Å². The maximum atomic E-state index is 11.8. The van der Waals surface area contributed by atoms with Crippen LogP contribution in [-0.2, 0) is 4.79 Å². The topological polar surface area (TPSA) is 84.2 Å². The molecular formula is C11H12ClN5O2. The first-order valence-electron chi connectivity index (χ1n) is 5.46. The van der Waals surface area contributed by atoms with Gasteiger partial charge < -0.3 is 14.7 Å². The molecule has 2 aromatic rings. The normalized spacial score (nSPS) is 10.3. The second-order valence-corrected chi connectivity index (χ2v) is 4.31. The summed E-state index contributed by atoms with van der Waals surface area (Å²) >= 11 is 5.73. The number of nitrogens with one attached hydrogen (secondary N) is 1. The lowest BCUT2D eigenvalue weighted by Crippen LogP contribution is -2.30. The van der Waals surface area contributed by atoms with Crippen LogP contribution in [-0.4, -0.2) is 34.6 Å². The molecule has 0 fully saturated rings. The first-order chi connectivity index (χ1) is 9.04. The minimum atomic E-state index is -0.238. The number of carbonyl (C=O) groups is 1. The van der Waals surface area contributed by atoms with Gasteiger partial charge >= 0.3 is 0 Å². The van der Waals surface area contributed by atoms with Crippen LogP contribution in [0.15, 0.2) is 23.0 Å². The Bertz CT molecular complexity index is 586. The van der Waals surface area contributed by atoms with E-state index in [-0.39, 0.29) is 17.6 Å². The third-order valence-corrected chi connectivity index (χ3v) is 2.44. The van der Waals surface area contributed by atoms with Crippen LogP contribution < -0.4 is 10.2 Å². The van der Waals surface area contributed by atoms with Gasteiger partial charge in [0.05, 0.1) is 18.9 Å². The molecule has 1 amide bonds. The van der Waals surface area contributed by atoms with E-state index in [1.54, 1.807) is 24.9 Å². The van der Waals surface area contributed by atoms with Crippen LogP contribution in [0.2, 0.25) is 5.15 Å². The van der Waals surface area contributed by atoms with Crippen LogP contribution in [0.25, 0.3) is 0 Å². The van der Waals surface area contributed by atoms with Gasteiger partial charge in [0.2, 0.25) is 5.91 Å². The standard InChI is InChI=1S/C11H12ClN5O2/c1-7-3-9(16-19-7)15-11(18)6-17(2)10-5-13-4-8(12)14-10/h3-5H,6H2,1-2H3,(H,15,16,18). The van der Waals surface area contributed by atoms with Gasteiger partial charge in [-0.2, -0.15) is 0 Å². The lowest BCUT2D eigenvalue weighted by atomic mass is 10.4. The van der Waals surface area contributed by atoms with Crippen molar-refractivity contribution in [3.8, 4) is 0 Å². The molecule has 0 unspecified atom stereocenters. The molecule has 0 saturated carbocycles. The van der Waals surface area contributed by atoms with Gasteiger partial charge in [-0.1, -0.05) is 16.8 Å². The van der Waals surface area contributed by atoms with Gasteiger partial charge in [-0.05, 0) is 6.92 Å². The van der Waals surface area contributed by atoms with Crippen LogP contribution in [0, 0.1) is 6.92 Å². The molecule has 0 radical (unpaired) electrons. The summed E-state index contributed by atoms with van der Waals surface area (Å²) in [6.07, 6.45) is 2.95. The fraction of sp³-hybridized carbons (Fsp3) is 0.273. The third-order valence-electron chi connectivity index (χ3n) is 2.26. The Labute approximate surface area is 114 Å². The van der Waals surface area contributed by atoms with Crippen LogP contribution in [0.3, 0.4) is 0 Å². The average molecular weight is 282 g/mol. The van der Waals surface area contributed by atoms with Crippen LogP contribution in [0.1, 0.15) is 5.76 Å². The predicted octanol–water partition coefficient (Wildman–Crippen LogP) is 1.50. The third kappa shape index (κ3) is 3.65. The van der Waals surface area contributed by atoms with E-state index >= 15 is 0 Å². The van der Waals surface area contributed by atoms with Crippen molar-refractivity contribution in [2.45, 2.75) is 6.92 Å². The van der Waals surface area contributed by atoms with Gasteiger partial charge in [0.15, 0.2) is 5.82 Å². The van der Waals surface area contributed by atoms with Gasteiger partial charge in [0.25, 0.3) is 0 Å². The monoisotopic (exact) mass is 281 g/mol. The molecule has 0 aliphatic heterocycles. The van der Waals surface area contributed by atoms with E-state index in [2.05, 4.69) is 20.4 Å². The maximum absolute atomic E-state index is 11.8. The Balaban J connectivity index is 1.95. The molecule has 2 heterocycles. The lowest BCUT2D eigenvalue weighted by Gasteiger charge is -2.16. The average Bonchev–Trinajstić information content (AvgIpc) is 2.74. The Morgan fingerprint density at radius 1 is 1.53 bits per heavy atom. The van der Waals surface area contributed by atoms with Gasteiger partial charge in [-0.3, -0.25) is 9.78 Å². The molecule has 0 aliphatic carbocycles. The summed E-state index contributed by atoms with van der Waals surface area (Å²) in [6.45, 7) is 1.84. The summed E-state index contributed by atoms with van der Waals surface area (Å²) in [5.41, 5.74) is 0. The Morgan fingerprint density at radius 2 is 2.32 bits per heavy atom. The fourth-order valence-electron chi connectivity index (χ4n) is 1.42. The number of likely N-dealkylation sites (N-methyl/N-ethyl adjacent to an activating group) is 1. The van der Waals surface area contributed by atoms with Crippen LogP contribution in [0.5, 0.6) is 0 Å². The van der Waals surface area contributed by atoms with Gasteiger partial charge in [-0.25, -0.2) is 4.98 Å².